The lowest BCUT2D eigenvalue weighted by Crippen LogP contribution is -2.24. The SMILES string of the molecule is Nn1nc(-c2cc3[nH]cnc3cc2NC(=O)c2cccs2)[nH]1. The molecule has 0 saturated heterocycles. The van der Waals surface area contributed by atoms with Crippen LogP contribution < -0.4 is 11.2 Å². The molecule has 1 aromatic carbocycles. The van der Waals surface area contributed by atoms with Crippen molar-refractivity contribution in [2.24, 2.45) is 0 Å². The Hall–Kier alpha value is -3.07. The van der Waals surface area contributed by atoms with Gasteiger partial charge in [-0.05, 0) is 23.6 Å². The first-order valence-electron chi connectivity index (χ1n) is 6.43. The van der Waals surface area contributed by atoms with E-state index in [4.69, 9.17) is 5.84 Å². The van der Waals surface area contributed by atoms with Gasteiger partial charge >= 0.3 is 0 Å². The number of benzene rings is 1. The molecule has 4 rings (SSSR count). The number of nitrogens with two attached hydrogens (primary N) is 1. The van der Waals surface area contributed by atoms with E-state index in [9.17, 15) is 4.79 Å². The fraction of sp³-hybridized carbons (Fsp3) is 0. The van der Waals surface area contributed by atoms with Crippen LogP contribution in [-0.4, -0.2) is 31.0 Å². The van der Waals surface area contributed by atoms with Gasteiger partial charge in [-0.3, -0.25) is 4.79 Å². The second-order valence-electron chi connectivity index (χ2n) is 4.65. The number of anilines is 1. The van der Waals surface area contributed by atoms with Crippen molar-refractivity contribution in [3.8, 4) is 11.4 Å². The first-order valence-corrected chi connectivity index (χ1v) is 7.31. The van der Waals surface area contributed by atoms with E-state index in [2.05, 4.69) is 25.5 Å². The van der Waals surface area contributed by atoms with Gasteiger partial charge in [0.1, 0.15) is 0 Å². The molecule has 3 heterocycles. The molecule has 0 aliphatic heterocycles. The minimum absolute atomic E-state index is 0.171. The minimum Gasteiger partial charge on any atom is -0.345 e. The average molecular weight is 313 g/mol. The zero-order valence-electron chi connectivity index (χ0n) is 11.2. The van der Waals surface area contributed by atoms with E-state index in [1.807, 2.05) is 17.5 Å². The summed E-state index contributed by atoms with van der Waals surface area (Å²) in [6.45, 7) is 0. The Morgan fingerprint density at radius 1 is 1.41 bits per heavy atom. The molecule has 4 aromatic rings. The molecule has 1 amide bonds. The topological polar surface area (TPSA) is 117 Å². The molecule has 0 fully saturated rings. The minimum atomic E-state index is -0.171. The number of nitrogen functional groups attached to an aromatic ring is 1. The zero-order chi connectivity index (χ0) is 15.1. The molecule has 3 aromatic heterocycles. The lowest BCUT2D eigenvalue weighted by Gasteiger charge is -2.13. The average Bonchev–Trinajstić information content (AvgIpc) is 3.14. The molecular formula is C13H11N7OS. The monoisotopic (exact) mass is 313 g/mol. The molecule has 0 spiro atoms. The summed E-state index contributed by atoms with van der Waals surface area (Å²) in [5.74, 6) is 5.87. The van der Waals surface area contributed by atoms with E-state index in [0.717, 1.165) is 21.5 Å². The van der Waals surface area contributed by atoms with Crippen molar-refractivity contribution in [1.29, 1.82) is 0 Å². The highest BCUT2D eigenvalue weighted by Gasteiger charge is 2.16. The quantitative estimate of drug-likeness (QED) is 0.431. The number of imidazole rings is 1. The number of carbonyl (C=O) groups is 1. The number of amides is 1. The predicted molar refractivity (Wildman–Crippen MR) is 84.1 cm³/mol. The Morgan fingerprint density at radius 2 is 2.27 bits per heavy atom. The van der Waals surface area contributed by atoms with Gasteiger partial charge in [0.25, 0.3) is 5.91 Å². The Balaban J connectivity index is 1.78. The fourth-order valence-corrected chi connectivity index (χ4v) is 2.82. The standard InChI is InChI=1S/C13H11N7OS/c14-20-18-12(19-20)7-4-9-10(16-6-15-9)5-8(7)17-13(21)11-2-1-3-22-11/h1-6H,14H2,(H,15,16)(H,17,21)(H,18,19). The van der Waals surface area contributed by atoms with E-state index in [-0.39, 0.29) is 5.91 Å². The molecule has 0 aliphatic carbocycles. The molecule has 0 unspecified atom stereocenters. The van der Waals surface area contributed by atoms with E-state index in [1.54, 1.807) is 18.5 Å². The van der Waals surface area contributed by atoms with Crippen LogP contribution >= 0.6 is 11.3 Å². The molecule has 0 saturated carbocycles. The maximum Gasteiger partial charge on any atom is 0.265 e. The van der Waals surface area contributed by atoms with Crippen molar-refractivity contribution in [3.63, 3.8) is 0 Å². The number of carbonyl (C=O) groups excluding carboxylic acids is 1. The summed E-state index contributed by atoms with van der Waals surface area (Å²) in [5.41, 5.74) is 2.97. The summed E-state index contributed by atoms with van der Waals surface area (Å²) in [5, 5.41) is 11.6. The fourth-order valence-electron chi connectivity index (χ4n) is 2.21. The van der Waals surface area contributed by atoms with Gasteiger partial charge in [-0.25, -0.2) is 10.1 Å². The highest BCUT2D eigenvalue weighted by molar-refractivity contribution is 7.12. The number of hydrogen-bond donors (Lipinski definition) is 4. The van der Waals surface area contributed by atoms with E-state index in [0.29, 0.717) is 16.4 Å². The van der Waals surface area contributed by atoms with Gasteiger partial charge in [-0.2, -0.15) is 0 Å². The Bertz CT molecular complexity index is 934. The van der Waals surface area contributed by atoms with Gasteiger partial charge in [0.05, 0.1) is 27.9 Å². The summed E-state index contributed by atoms with van der Waals surface area (Å²) < 4.78 is 0. The Kier molecular flexibility index (Phi) is 2.73. The van der Waals surface area contributed by atoms with E-state index >= 15 is 0 Å². The third kappa shape index (κ3) is 2.04. The summed E-state index contributed by atoms with van der Waals surface area (Å²) in [7, 11) is 0. The van der Waals surface area contributed by atoms with Crippen molar-refractivity contribution < 1.29 is 4.79 Å². The highest BCUT2D eigenvalue weighted by Crippen LogP contribution is 2.30. The molecule has 22 heavy (non-hydrogen) atoms. The number of nitrogens with zero attached hydrogens (tertiary/aromatic N) is 3. The van der Waals surface area contributed by atoms with Gasteiger partial charge < -0.3 is 16.1 Å². The lowest BCUT2D eigenvalue weighted by molar-refractivity contribution is 0.103. The van der Waals surface area contributed by atoms with Gasteiger partial charge in [0, 0.05) is 5.56 Å². The lowest BCUT2D eigenvalue weighted by atomic mass is 10.1. The zero-order valence-corrected chi connectivity index (χ0v) is 12.0. The molecular weight excluding hydrogens is 302 g/mol. The summed E-state index contributed by atoms with van der Waals surface area (Å²) in [6.07, 6.45) is 1.60. The molecule has 0 aliphatic rings. The van der Waals surface area contributed by atoms with E-state index in [1.165, 1.54) is 11.3 Å². The van der Waals surface area contributed by atoms with Crippen LogP contribution in [0.4, 0.5) is 5.69 Å². The number of thiophene rings is 1. The second kappa shape index (κ2) is 4.74. The van der Waals surface area contributed by atoms with Gasteiger partial charge in [0.2, 0.25) is 0 Å². The molecule has 8 nitrogen and oxygen atoms in total. The highest BCUT2D eigenvalue weighted by atomic mass is 32.1. The van der Waals surface area contributed by atoms with Gasteiger partial charge in [-0.1, -0.05) is 6.07 Å². The smallest absolute Gasteiger partial charge is 0.265 e. The van der Waals surface area contributed by atoms with Crippen LogP contribution in [0.2, 0.25) is 0 Å². The number of aromatic nitrogens is 5. The van der Waals surface area contributed by atoms with Crippen LogP contribution in [0.5, 0.6) is 0 Å². The van der Waals surface area contributed by atoms with Crippen LogP contribution in [0, 0.1) is 0 Å². The van der Waals surface area contributed by atoms with Crippen LogP contribution in [0.15, 0.2) is 36.0 Å². The third-order valence-corrected chi connectivity index (χ3v) is 4.10. The first kappa shape index (κ1) is 12.7. The number of nitrogens with one attached hydrogen (secondary N) is 3. The second-order valence-corrected chi connectivity index (χ2v) is 5.60. The van der Waals surface area contributed by atoms with Crippen LogP contribution in [0.25, 0.3) is 22.4 Å². The number of fused-ring (bicyclic) bond motifs is 1. The summed E-state index contributed by atoms with van der Waals surface area (Å²) in [4.78, 5) is 21.3. The van der Waals surface area contributed by atoms with Crippen LogP contribution in [0.1, 0.15) is 9.67 Å². The van der Waals surface area contributed by atoms with Crippen LogP contribution in [0.3, 0.4) is 0 Å². The van der Waals surface area contributed by atoms with Crippen molar-refractivity contribution in [2.45, 2.75) is 0 Å². The maximum absolute atomic E-state index is 12.3. The number of H-pyrrole nitrogens is 2. The molecule has 5 N–H and O–H groups in total. The molecule has 0 bridgehead atoms. The third-order valence-electron chi connectivity index (χ3n) is 3.24. The normalized spacial score (nSPS) is 11.1. The number of aromatic amines is 2. The Labute approximate surface area is 127 Å². The molecule has 9 heteroatoms. The van der Waals surface area contributed by atoms with Crippen LogP contribution in [-0.2, 0) is 0 Å². The first-order chi connectivity index (χ1) is 10.7. The molecule has 110 valence electrons. The summed E-state index contributed by atoms with van der Waals surface area (Å²) in [6, 6.07) is 7.27. The predicted octanol–water partition coefficient (Wildman–Crippen LogP) is 1.78. The van der Waals surface area contributed by atoms with Crippen molar-refractivity contribution in [3.05, 3.63) is 40.8 Å². The number of rotatable bonds is 3. The Morgan fingerprint density at radius 3 is 3.00 bits per heavy atom. The molecule has 0 atom stereocenters. The van der Waals surface area contributed by atoms with Crippen molar-refractivity contribution >= 4 is 34.0 Å². The van der Waals surface area contributed by atoms with Gasteiger partial charge in [0.15, 0.2) is 5.82 Å². The van der Waals surface area contributed by atoms with Gasteiger partial charge in [-0.15, -0.1) is 21.3 Å². The summed E-state index contributed by atoms with van der Waals surface area (Å²) >= 11 is 1.38. The molecule has 0 radical (unpaired) electrons. The largest absolute Gasteiger partial charge is 0.345 e. The van der Waals surface area contributed by atoms with E-state index < -0.39 is 0 Å². The number of hydrogen-bond acceptors (Lipinski definition) is 5. The van der Waals surface area contributed by atoms with Crippen molar-refractivity contribution in [2.75, 3.05) is 11.2 Å². The van der Waals surface area contributed by atoms with Crippen molar-refractivity contribution in [1.82, 2.24) is 25.1 Å². The maximum atomic E-state index is 12.3.